The maximum Gasteiger partial charge on any atom is 0.134 e. The van der Waals surface area contributed by atoms with Crippen LogP contribution in [-0.2, 0) is 4.79 Å². The van der Waals surface area contributed by atoms with E-state index in [-0.39, 0.29) is 33.2 Å². The van der Waals surface area contributed by atoms with Crippen LogP contribution in [0.1, 0.15) is 28.7 Å². The van der Waals surface area contributed by atoms with E-state index in [1.54, 1.807) is 6.92 Å². The van der Waals surface area contributed by atoms with Gasteiger partial charge in [0, 0.05) is 5.92 Å². The Morgan fingerprint density at radius 1 is 1.56 bits per heavy atom. The molecule has 0 aliphatic carbocycles. The van der Waals surface area contributed by atoms with Gasteiger partial charge < -0.3 is 5.11 Å². The van der Waals surface area contributed by atoms with Gasteiger partial charge in [-0.1, -0.05) is 21.8 Å². The predicted octanol–water partition coefficient (Wildman–Crippen LogP) is 1.48. The Bertz CT molecular complexity index is 69.3. The van der Waals surface area contributed by atoms with Crippen LogP contribution in [0.5, 0.6) is 0 Å². The number of hydrogen-bond acceptors (Lipinski definition) is 2. The van der Waals surface area contributed by atoms with E-state index in [4.69, 9.17) is 5.11 Å². The third-order valence-corrected chi connectivity index (χ3v) is 0.968. The molecule has 0 aliphatic rings. The van der Waals surface area contributed by atoms with Gasteiger partial charge in [-0.05, 0) is 6.92 Å². The minimum absolute atomic E-state index is 0. The number of hydrogen-bond donors (Lipinski definition) is 1. The molecule has 2 nitrogen and oxygen atoms in total. The summed E-state index contributed by atoms with van der Waals surface area (Å²) in [4.78, 5) is 10.2. The van der Waals surface area contributed by atoms with Crippen molar-refractivity contribution in [3.8, 4) is 0 Å². The first-order valence-electron chi connectivity index (χ1n) is 2.29. The predicted molar refractivity (Wildman–Crippen MR) is 40.4 cm³/mol. The lowest BCUT2D eigenvalue weighted by Gasteiger charge is -1.97. The molecule has 0 saturated heterocycles. The Kier molecular flexibility index (Phi) is 13.4. The summed E-state index contributed by atoms with van der Waals surface area (Å²) in [6.07, 6.45) is 0. The molecule has 1 atom stereocenters. The molecule has 58 valence electrons. The van der Waals surface area contributed by atoms with Crippen LogP contribution >= 0.6 is 0 Å². The summed E-state index contributed by atoms with van der Waals surface area (Å²) in [5, 5.41) is 8.28. The van der Waals surface area contributed by atoms with Gasteiger partial charge in [-0.3, -0.25) is 4.79 Å². The highest BCUT2D eigenvalue weighted by atomic mass is 16.3. The van der Waals surface area contributed by atoms with Gasteiger partial charge in [0.25, 0.3) is 0 Å². The molecule has 0 aromatic rings. The van der Waals surface area contributed by atoms with Crippen LogP contribution in [0, 0.1) is 5.92 Å². The van der Waals surface area contributed by atoms with Gasteiger partial charge in [-0.25, -0.2) is 0 Å². The highest BCUT2D eigenvalue weighted by Gasteiger charge is 2.02. The van der Waals surface area contributed by atoms with Crippen LogP contribution in [-0.4, -0.2) is 17.5 Å². The van der Waals surface area contributed by atoms with E-state index >= 15 is 0 Å². The number of ketones is 1. The number of aliphatic hydroxyl groups excluding tert-OH is 1. The first-order chi connectivity index (χ1) is 3.18. The lowest BCUT2D eigenvalue weighted by molar-refractivity contribution is -0.121. The molecular formula is C7H18O2. The van der Waals surface area contributed by atoms with Crippen molar-refractivity contribution >= 4 is 5.78 Å². The second-order valence-corrected chi connectivity index (χ2v) is 1.69. The highest BCUT2D eigenvalue weighted by Crippen LogP contribution is 1.91. The summed E-state index contributed by atoms with van der Waals surface area (Å²) >= 11 is 0. The maximum atomic E-state index is 10.2. The van der Waals surface area contributed by atoms with E-state index in [2.05, 4.69) is 0 Å². The molecule has 0 aromatic heterocycles. The fourth-order valence-corrected chi connectivity index (χ4v) is 0.129. The summed E-state index contributed by atoms with van der Waals surface area (Å²) < 4.78 is 0. The van der Waals surface area contributed by atoms with Crippen LogP contribution in [0.15, 0.2) is 0 Å². The Balaban J connectivity index is -0.000000180. The van der Waals surface area contributed by atoms with Crippen LogP contribution < -0.4 is 0 Å². The molecule has 0 saturated carbocycles. The van der Waals surface area contributed by atoms with Crippen LogP contribution in [0.3, 0.4) is 0 Å². The third kappa shape index (κ3) is 7.63. The van der Waals surface area contributed by atoms with Gasteiger partial charge in [0.2, 0.25) is 0 Å². The molecule has 1 N–H and O–H groups in total. The molecule has 0 aliphatic heterocycles. The fraction of sp³-hybridized carbons (Fsp3) is 0.857. The highest BCUT2D eigenvalue weighted by molar-refractivity contribution is 5.77. The molecule has 0 bridgehead atoms. The molecular weight excluding hydrogens is 116 g/mol. The van der Waals surface area contributed by atoms with Crippen molar-refractivity contribution in [3.63, 3.8) is 0 Å². The molecule has 0 aromatic carbocycles. The van der Waals surface area contributed by atoms with Gasteiger partial charge in [-0.15, -0.1) is 0 Å². The quantitative estimate of drug-likeness (QED) is 0.621. The number of Topliss-reactive ketones (excluding diaryl/α,β-unsaturated/α-hetero) is 1. The lowest BCUT2D eigenvalue weighted by Crippen LogP contribution is -2.09. The Hall–Kier alpha value is -0.370. The van der Waals surface area contributed by atoms with E-state index in [9.17, 15) is 4.79 Å². The van der Waals surface area contributed by atoms with Crippen molar-refractivity contribution in [2.75, 3.05) is 6.61 Å². The minimum atomic E-state index is -0.181. The zero-order valence-corrected chi connectivity index (χ0v) is 4.64. The van der Waals surface area contributed by atoms with Crippen molar-refractivity contribution in [3.05, 3.63) is 0 Å². The smallest absolute Gasteiger partial charge is 0.134 e. The standard InChI is InChI=1S/C5H10O2.2CH4/c1-4(3-6)5(2)7;;/h4,6H,3H2,1-2H3;2*1H4. The molecule has 9 heavy (non-hydrogen) atoms. The van der Waals surface area contributed by atoms with E-state index < -0.39 is 0 Å². The largest absolute Gasteiger partial charge is 0.396 e. The van der Waals surface area contributed by atoms with E-state index in [0.29, 0.717) is 0 Å². The Morgan fingerprint density at radius 3 is 1.89 bits per heavy atom. The monoisotopic (exact) mass is 134 g/mol. The number of rotatable bonds is 2. The summed E-state index contributed by atoms with van der Waals surface area (Å²) in [5.74, 6) is -0.137. The van der Waals surface area contributed by atoms with Crippen molar-refractivity contribution < 1.29 is 9.90 Å². The van der Waals surface area contributed by atoms with Crippen molar-refractivity contribution in [2.24, 2.45) is 5.92 Å². The van der Waals surface area contributed by atoms with Gasteiger partial charge in [-0.2, -0.15) is 0 Å². The van der Waals surface area contributed by atoms with Crippen molar-refractivity contribution in [1.82, 2.24) is 0 Å². The summed E-state index contributed by atoms with van der Waals surface area (Å²) in [6.45, 7) is 3.14. The van der Waals surface area contributed by atoms with E-state index in [1.165, 1.54) is 6.92 Å². The van der Waals surface area contributed by atoms with Crippen molar-refractivity contribution in [2.45, 2.75) is 28.7 Å². The first kappa shape index (κ1) is 15.9. The number of carbonyl (C=O) groups is 1. The van der Waals surface area contributed by atoms with E-state index in [0.717, 1.165) is 0 Å². The molecule has 0 fully saturated rings. The lowest BCUT2D eigenvalue weighted by atomic mass is 10.1. The summed E-state index contributed by atoms with van der Waals surface area (Å²) in [5.41, 5.74) is 0. The third-order valence-electron chi connectivity index (χ3n) is 0.968. The molecule has 0 heterocycles. The van der Waals surface area contributed by atoms with Gasteiger partial charge in [0.05, 0.1) is 6.61 Å². The van der Waals surface area contributed by atoms with Crippen LogP contribution in [0.4, 0.5) is 0 Å². The minimum Gasteiger partial charge on any atom is -0.396 e. The normalized spacial score (nSPS) is 10.6. The summed E-state index contributed by atoms with van der Waals surface area (Å²) in [6, 6.07) is 0. The molecule has 0 amide bonds. The van der Waals surface area contributed by atoms with Gasteiger partial charge in [0.15, 0.2) is 0 Å². The molecule has 1 unspecified atom stereocenters. The summed E-state index contributed by atoms with van der Waals surface area (Å²) in [7, 11) is 0. The average molecular weight is 134 g/mol. The van der Waals surface area contributed by atoms with Crippen LogP contribution in [0.2, 0.25) is 0 Å². The van der Waals surface area contributed by atoms with Crippen molar-refractivity contribution in [1.29, 1.82) is 0 Å². The molecule has 2 heteroatoms. The second-order valence-electron chi connectivity index (χ2n) is 1.69. The van der Waals surface area contributed by atoms with E-state index in [1.807, 2.05) is 0 Å². The Morgan fingerprint density at radius 2 is 1.89 bits per heavy atom. The van der Waals surface area contributed by atoms with Crippen LogP contribution in [0.25, 0.3) is 0 Å². The fourth-order valence-electron chi connectivity index (χ4n) is 0.129. The van der Waals surface area contributed by atoms with Gasteiger partial charge >= 0.3 is 0 Å². The second kappa shape index (κ2) is 7.63. The van der Waals surface area contributed by atoms with Gasteiger partial charge in [0.1, 0.15) is 5.78 Å². The first-order valence-corrected chi connectivity index (χ1v) is 2.29. The zero-order chi connectivity index (χ0) is 5.86. The Labute approximate surface area is 57.9 Å². The number of aliphatic hydroxyl groups is 1. The molecule has 0 rings (SSSR count). The maximum absolute atomic E-state index is 10.2. The number of carbonyl (C=O) groups excluding carboxylic acids is 1. The topological polar surface area (TPSA) is 37.3 Å². The molecule has 0 radical (unpaired) electrons. The SMILES string of the molecule is C.C.CC(=O)C(C)CO. The zero-order valence-electron chi connectivity index (χ0n) is 4.64. The average Bonchev–Trinajstić information content (AvgIpc) is 1.65. The molecule has 0 spiro atoms.